The fourth-order valence-electron chi connectivity index (χ4n) is 4.35. The second-order valence-electron chi connectivity index (χ2n) is 9.27. The fourth-order valence-corrected chi connectivity index (χ4v) is 4.35. The standard InChI is InChI=1S/C29H29F3N6O2/c1-20(24(29(30,31)32)16-25(33-2)22-6-5-11-34-17-22)21-7-9-26(35-18-21)36-28(40)23-8-10-27(39)38(19-23)15-14-37-12-3-4-13-37/h5-11,16-19H,1,3-4,12-15H2,2H3,(H,35,36,40)/b24-16+,33-25?. The SMILES string of the molecule is C=C(/C(=C\C(=NC)c1cccnc1)C(F)(F)F)c1ccc(NC(=O)c2ccc(=O)n(CCN3CCCC3)c2)nc1. The lowest BCUT2D eigenvalue weighted by Gasteiger charge is -2.16. The number of aliphatic imine (C=N–C) groups is 1. The summed E-state index contributed by atoms with van der Waals surface area (Å²) < 4.78 is 43.5. The molecule has 1 aliphatic heterocycles. The van der Waals surface area contributed by atoms with Gasteiger partial charge < -0.3 is 14.8 Å². The molecule has 0 atom stereocenters. The number of aromatic nitrogens is 3. The molecule has 1 amide bonds. The van der Waals surface area contributed by atoms with Gasteiger partial charge in [0.2, 0.25) is 0 Å². The first-order valence-corrected chi connectivity index (χ1v) is 12.7. The second-order valence-corrected chi connectivity index (χ2v) is 9.27. The first-order valence-electron chi connectivity index (χ1n) is 12.7. The van der Waals surface area contributed by atoms with Crippen LogP contribution in [0.15, 0.2) is 89.2 Å². The van der Waals surface area contributed by atoms with Crippen molar-refractivity contribution in [3.63, 3.8) is 0 Å². The Bertz CT molecular complexity index is 1470. The highest BCUT2D eigenvalue weighted by molar-refractivity contribution is 6.10. The van der Waals surface area contributed by atoms with Crippen LogP contribution >= 0.6 is 0 Å². The third-order valence-corrected chi connectivity index (χ3v) is 6.56. The number of pyridine rings is 3. The van der Waals surface area contributed by atoms with Crippen LogP contribution in [0, 0.1) is 0 Å². The average Bonchev–Trinajstić information content (AvgIpc) is 3.47. The first-order chi connectivity index (χ1) is 19.2. The topological polar surface area (TPSA) is 92.5 Å². The molecule has 8 nitrogen and oxygen atoms in total. The monoisotopic (exact) mass is 550 g/mol. The number of carbonyl (C=O) groups is 1. The predicted molar refractivity (Wildman–Crippen MR) is 148 cm³/mol. The fraction of sp³-hybridized carbons (Fsp3) is 0.276. The van der Waals surface area contributed by atoms with Gasteiger partial charge in [-0.15, -0.1) is 0 Å². The highest BCUT2D eigenvalue weighted by Crippen LogP contribution is 2.36. The number of carbonyl (C=O) groups excluding carboxylic acids is 1. The van der Waals surface area contributed by atoms with Crippen molar-refractivity contribution in [2.45, 2.75) is 25.6 Å². The molecule has 1 N–H and O–H groups in total. The van der Waals surface area contributed by atoms with Gasteiger partial charge in [-0.25, -0.2) is 4.98 Å². The maximum Gasteiger partial charge on any atom is 0.417 e. The number of halogens is 3. The molecule has 0 unspecified atom stereocenters. The van der Waals surface area contributed by atoms with Crippen LogP contribution in [0.3, 0.4) is 0 Å². The van der Waals surface area contributed by atoms with Crippen molar-refractivity contribution in [1.29, 1.82) is 0 Å². The zero-order chi connectivity index (χ0) is 28.7. The number of anilines is 1. The number of hydrogen-bond donors (Lipinski definition) is 1. The molecule has 3 aromatic rings. The minimum Gasteiger partial charge on any atom is -0.313 e. The van der Waals surface area contributed by atoms with Crippen molar-refractivity contribution in [1.82, 2.24) is 19.4 Å². The summed E-state index contributed by atoms with van der Waals surface area (Å²) in [5, 5.41) is 2.62. The minimum atomic E-state index is -4.71. The Morgan fingerprint density at radius 3 is 2.45 bits per heavy atom. The van der Waals surface area contributed by atoms with Crippen molar-refractivity contribution >= 4 is 23.0 Å². The Morgan fingerprint density at radius 2 is 1.82 bits per heavy atom. The Morgan fingerprint density at radius 1 is 1.07 bits per heavy atom. The van der Waals surface area contributed by atoms with Gasteiger partial charge in [0.15, 0.2) is 0 Å². The summed E-state index contributed by atoms with van der Waals surface area (Å²) >= 11 is 0. The predicted octanol–water partition coefficient (Wildman–Crippen LogP) is 4.61. The van der Waals surface area contributed by atoms with Gasteiger partial charge in [0.05, 0.1) is 16.8 Å². The second kappa shape index (κ2) is 12.6. The molecule has 4 rings (SSSR count). The molecule has 1 fully saturated rings. The molecule has 0 aliphatic carbocycles. The van der Waals surface area contributed by atoms with Crippen LogP contribution in [0.2, 0.25) is 0 Å². The lowest BCUT2D eigenvalue weighted by Crippen LogP contribution is -2.29. The molecule has 3 aromatic heterocycles. The molecule has 0 aromatic carbocycles. The third kappa shape index (κ3) is 7.17. The van der Waals surface area contributed by atoms with Crippen LogP contribution in [-0.4, -0.2) is 63.9 Å². The molecule has 0 bridgehead atoms. The number of amides is 1. The van der Waals surface area contributed by atoms with Crippen molar-refractivity contribution in [2.24, 2.45) is 4.99 Å². The summed E-state index contributed by atoms with van der Waals surface area (Å²) in [5.74, 6) is -0.356. The van der Waals surface area contributed by atoms with E-state index in [1.165, 1.54) is 60.7 Å². The van der Waals surface area contributed by atoms with Gasteiger partial charge in [0.1, 0.15) is 5.82 Å². The zero-order valence-corrected chi connectivity index (χ0v) is 22.0. The smallest absolute Gasteiger partial charge is 0.313 e. The molecule has 4 heterocycles. The van der Waals surface area contributed by atoms with E-state index >= 15 is 0 Å². The van der Waals surface area contributed by atoms with Crippen molar-refractivity contribution < 1.29 is 18.0 Å². The van der Waals surface area contributed by atoms with Crippen molar-refractivity contribution in [3.8, 4) is 0 Å². The lowest BCUT2D eigenvalue weighted by molar-refractivity contribution is -0.0869. The Kier molecular flexibility index (Phi) is 9.05. The van der Waals surface area contributed by atoms with Gasteiger partial charge in [-0.2, -0.15) is 13.2 Å². The summed E-state index contributed by atoms with van der Waals surface area (Å²) in [4.78, 5) is 39.4. The Hall–Kier alpha value is -4.38. The largest absolute Gasteiger partial charge is 0.417 e. The summed E-state index contributed by atoms with van der Waals surface area (Å²) in [6, 6.07) is 8.78. The molecule has 208 valence electrons. The summed E-state index contributed by atoms with van der Waals surface area (Å²) in [7, 11) is 1.40. The highest BCUT2D eigenvalue weighted by Gasteiger charge is 2.36. The Labute approximate surface area is 229 Å². The molecule has 40 heavy (non-hydrogen) atoms. The summed E-state index contributed by atoms with van der Waals surface area (Å²) in [6.07, 6.45) is 4.15. The number of hydrogen-bond acceptors (Lipinski definition) is 6. The summed E-state index contributed by atoms with van der Waals surface area (Å²) in [6.45, 7) is 6.84. The van der Waals surface area contributed by atoms with E-state index in [2.05, 4.69) is 31.8 Å². The van der Waals surface area contributed by atoms with E-state index in [1.54, 1.807) is 12.1 Å². The maximum absolute atomic E-state index is 14.0. The number of nitrogens with zero attached hydrogens (tertiary/aromatic N) is 5. The van der Waals surface area contributed by atoms with Crippen LogP contribution in [0.25, 0.3) is 5.57 Å². The zero-order valence-electron chi connectivity index (χ0n) is 22.0. The number of likely N-dealkylation sites (tertiary alicyclic amines) is 1. The van der Waals surface area contributed by atoms with Gasteiger partial charge in [0.25, 0.3) is 11.5 Å². The molecule has 0 saturated carbocycles. The minimum absolute atomic E-state index is 0.0974. The number of rotatable bonds is 9. The van der Waals surface area contributed by atoms with Crippen LogP contribution in [0.4, 0.5) is 19.0 Å². The Balaban J connectivity index is 1.48. The van der Waals surface area contributed by atoms with E-state index in [0.29, 0.717) is 12.1 Å². The quantitative estimate of drug-likeness (QED) is 0.310. The number of allylic oxidation sites excluding steroid dienone is 3. The molecule has 0 spiro atoms. The van der Waals surface area contributed by atoms with Crippen LogP contribution in [0.1, 0.15) is 34.3 Å². The van der Waals surface area contributed by atoms with Gasteiger partial charge >= 0.3 is 6.18 Å². The lowest BCUT2D eigenvalue weighted by atomic mass is 9.97. The molecular weight excluding hydrogens is 521 g/mol. The van der Waals surface area contributed by atoms with Crippen LogP contribution in [-0.2, 0) is 6.54 Å². The van der Waals surface area contributed by atoms with Gasteiger partial charge in [0, 0.05) is 62.1 Å². The third-order valence-electron chi connectivity index (χ3n) is 6.56. The van der Waals surface area contributed by atoms with E-state index in [4.69, 9.17) is 0 Å². The van der Waals surface area contributed by atoms with Crippen molar-refractivity contribution in [3.05, 3.63) is 106 Å². The molecule has 11 heteroatoms. The van der Waals surface area contributed by atoms with Crippen molar-refractivity contribution in [2.75, 3.05) is 32.0 Å². The summed E-state index contributed by atoms with van der Waals surface area (Å²) in [5.41, 5.74) is -0.567. The van der Waals surface area contributed by atoms with E-state index in [9.17, 15) is 22.8 Å². The molecule has 0 radical (unpaired) electrons. The van der Waals surface area contributed by atoms with E-state index in [-0.39, 0.29) is 33.8 Å². The molecular formula is C29H29F3N6O2. The van der Waals surface area contributed by atoms with E-state index in [1.807, 2.05) is 0 Å². The van der Waals surface area contributed by atoms with Crippen LogP contribution < -0.4 is 10.9 Å². The van der Waals surface area contributed by atoms with Gasteiger partial charge in [-0.3, -0.25) is 19.6 Å². The van der Waals surface area contributed by atoms with Gasteiger partial charge in [-0.05, 0) is 67.9 Å². The van der Waals surface area contributed by atoms with E-state index in [0.717, 1.165) is 38.6 Å². The molecule has 1 aliphatic rings. The maximum atomic E-state index is 14.0. The first kappa shape index (κ1) is 28.6. The van der Waals surface area contributed by atoms with Gasteiger partial charge in [-0.1, -0.05) is 6.58 Å². The highest BCUT2D eigenvalue weighted by atomic mass is 19.4. The average molecular weight is 551 g/mol. The number of alkyl halides is 3. The normalized spacial score (nSPS) is 14.8. The number of nitrogens with one attached hydrogen (secondary N) is 1. The molecule has 1 saturated heterocycles. The van der Waals surface area contributed by atoms with Crippen LogP contribution in [0.5, 0.6) is 0 Å². The van der Waals surface area contributed by atoms with E-state index < -0.39 is 17.7 Å².